The van der Waals surface area contributed by atoms with Crippen LogP contribution >= 0.6 is 50.5 Å². The number of rotatable bonds is 15. The van der Waals surface area contributed by atoms with E-state index in [-0.39, 0.29) is 75.3 Å². The molecule has 0 bridgehead atoms. The number of non-ortho nitro benzene ring substituents is 2. The van der Waals surface area contributed by atoms with Crippen LogP contribution in [0.4, 0.5) is 50.4 Å². The molecule has 0 aliphatic heterocycles. The Morgan fingerprint density at radius 2 is 0.688 bits per heavy atom. The van der Waals surface area contributed by atoms with Gasteiger partial charge in [-0.15, -0.1) is 0 Å². The summed E-state index contributed by atoms with van der Waals surface area (Å²) in [7, 11) is 2.75. The van der Waals surface area contributed by atoms with Gasteiger partial charge < -0.3 is 51.6 Å². The van der Waals surface area contributed by atoms with Gasteiger partial charge in [0.05, 0.1) is 58.9 Å². The van der Waals surface area contributed by atoms with Gasteiger partial charge in [0.1, 0.15) is 52.1 Å². The Hall–Kier alpha value is -14.6. The molecule has 0 atom stereocenters. The minimum absolute atomic E-state index is 0. The lowest BCUT2D eigenvalue weighted by molar-refractivity contribution is -0.385. The van der Waals surface area contributed by atoms with Crippen molar-refractivity contribution in [1.29, 1.82) is 0 Å². The first-order valence-electron chi connectivity index (χ1n) is 36.2. The molecule has 0 spiro atoms. The Bertz CT molecular complexity index is 6570. The number of hydrogen-bond donors (Lipinski definition) is 7. The molecule has 125 heavy (non-hydrogen) atoms. The van der Waals surface area contributed by atoms with E-state index in [0.717, 1.165) is 34.4 Å². The Morgan fingerprint density at radius 1 is 0.400 bits per heavy atom. The molecule has 0 amide bonds. The molecule has 0 aliphatic carbocycles. The zero-order chi connectivity index (χ0) is 90.9. The number of benzene rings is 10. The summed E-state index contributed by atoms with van der Waals surface area (Å²) in [4.78, 5) is 82.7. The number of hydrogen-bond acceptors (Lipinski definition) is 19. The molecule has 37 heteroatoms. The molecule has 5 aromatic heterocycles. The maximum atomic E-state index is 13.2. The number of H-pyrrole nitrogens is 1. The van der Waals surface area contributed by atoms with E-state index in [4.69, 9.17) is 53.1 Å². The van der Waals surface area contributed by atoms with Gasteiger partial charge in [0.15, 0.2) is 0 Å². The number of nitrogens with one attached hydrogen (secondary N) is 1. The Balaban J connectivity index is 0.000000187. The molecule has 0 aliphatic rings. The lowest BCUT2D eigenvalue weighted by Crippen LogP contribution is -2.29. The highest BCUT2D eigenvalue weighted by atomic mass is 36.0. The van der Waals surface area contributed by atoms with Crippen LogP contribution in [0.25, 0.3) is 78.4 Å². The molecule has 0 radical (unpaired) electrons. The van der Waals surface area contributed by atoms with Crippen molar-refractivity contribution in [2.24, 2.45) is 0 Å². The average Bonchev–Trinajstić information content (AvgIpc) is 0.901. The van der Waals surface area contributed by atoms with Crippen LogP contribution in [-0.2, 0) is 4.57 Å². The van der Waals surface area contributed by atoms with E-state index in [1.165, 1.54) is 173 Å². The first-order valence-corrected chi connectivity index (χ1v) is 41.0. The van der Waals surface area contributed by atoms with Gasteiger partial charge in [-0.25, -0.2) is 22.0 Å². The van der Waals surface area contributed by atoms with Crippen LogP contribution in [-0.4, -0.2) is 76.7 Å². The third-order valence-electron chi connectivity index (χ3n) is 17.5. The number of aromatic nitrogens is 5. The summed E-state index contributed by atoms with van der Waals surface area (Å²) in [5.74, 6) is -0.623. The summed E-state index contributed by atoms with van der Waals surface area (Å²) >= 11 is 20.0. The predicted octanol–water partition coefficient (Wildman–Crippen LogP) is 18.1. The first-order chi connectivity index (χ1) is 59.5. The van der Waals surface area contributed by atoms with Crippen LogP contribution < -0.4 is 64.7 Å². The van der Waals surface area contributed by atoms with Crippen molar-refractivity contribution >= 4 is 91.5 Å². The fourth-order valence-electron chi connectivity index (χ4n) is 11.7. The standard InChI is InChI=1S/C18H13FN2O4.C18H15FN2O2.C17H12ClFN2O.C17H13FN2O2.C12H10FNO2.C6H6BNO4.Cl3OP.H2/c1-25-17-10-18(22)20(14-3-2-4-15(9-14)21(23)24)11-16(17)12-5-7-13(19)8-6-12;1-23-17-10-18(22)21(15-4-2-3-14(20)9-15)11-16(17)12-5-7-13(19)8-6-12;18-16-9-17(22)21(14-3-1-2-13(20)8-14)10-15(16)11-4-6-12(19)7-5-11;18-12-6-4-11(5-7-12)15-10-20(17(22)9-16(15)21)14-3-1-2-13(19)8-14;1-16-11-6-12(15)14-7-10(11)8-2-4-9(13)5-3-8;9-7(10)5-2-1-3-6(4-5)8(11)12;1-5(2,3)4;/h2-11H,1H3;2-11H,20H2,1H3;1-10H,20H2;1-10,21H,19H2;2-7H,1H3,(H,14,15);1-4,9-10H;;1H. The maximum Gasteiger partial charge on any atom is 0.488 e. The number of nitro groups is 2. The zero-order valence-electron chi connectivity index (χ0n) is 65.4. The number of halogens is 9. The van der Waals surface area contributed by atoms with Gasteiger partial charge in [0, 0.05) is 132 Å². The van der Waals surface area contributed by atoms with Gasteiger partial charge in [-0.1, -0.05) is 109 Å². The minimum atomic E-state index is -3.22. The number of anilines is 3. The summed E-state index contributed by atoms with van der Waals surface area (Å²) in [6.45, 7) is 0. The molecule has 640 valence electrons. The van der Waals surface area contributed by atoms with Crippen molar-refractivity contribution in [3.63, 3.8) is 0 Å². The van der Waals surface area contributed by atoms with Crippen LogP contribution in [0.3, 0.4) is 0 Å². The molecular weight excluding hydrogens is 1730 g/mol. The third kappa shape index (κ3) is 26.9. The van der Waals surface area contributed by atoms with Crippen LogP contribution in [0.1, 0.15) is 1.43 Å². The number of nitrogens with zero attached hydrogens (tertiary/aromatic N) is 6. The normalized spacial score (nSPS) is 10.4. The number of pyridine rings is 5. The summed E-state index contributed by atoms with van der Waals surface area (Å²) in [5.41, 5.74) is 26.1. The number of nitro benzene ring substituents is 2. The Labute approximate surface area is 727 Å². The summed E-state index contributed by atoms with van der Waals surface area (Å²) < 4.78 is 95.9. The second-order valence-corrected chi connectivity index (χ2v) is 33.0. The predicted molar refractivity (Wildman–Crippen MR) is 479 cm³/mol. The minimum Gasteiger partial charge on any atom is -0.507 e. The number of aromatic amines is 1. The van der Waals surface area contributed by atoms with Crippen molar-refractivity contribution in [3.05, 3.63) is 410 Å². The van der Waals surface area contributed by atoms with Crippen molar-refractivity contribution in [1.82, 2.24) is 23.3 Å². The van der Waals surface area contributed by atoms with E-state index in [0.29, 0.717) is 95.5 Å². The van der Waals surface area contributed by atoms with Gasteiger partial charge in [-0.05, 0) is 188 Å². The number of nitrogens with two attached hydrogens (primary N) is 3. The maximum absolute atomic E-state index is 13.2. The van der Waals surface area contributed by atoms with Gasteiger partial charge in [0.25, 0.3) is 39.2 Å². The summed E-state index contributed by atoms with van der Waals surface area (Å²) in [6.07, 6.45) is 7.89. The summed E-state index contributed by atoms with van der Waals surface area (Å²) in [6, 6.07) is 67.7. The summed E-state index contributed by atoms with van der Waals surface area (Å²) in [5, 5.41) is 45.6. The van der Waals surface area contributed by atoms with Gasteiger partial charge in [-0.3, -0.25) is 67.0 Å². The van der Waals surface area contributed by atoms with Crippen molar-refractivity contribution in [2.75, 3.05) is 38.5 Å². The van der Waals surface area contributed by atoms with Gasteiger partial charge in [0.2, 0.25) is 0 Å². The molecule has 10 N–H and O–H groups in total. The smallest absolute Gasteiger partial charge is 0.488 e. The Morgan fingerprint density at radius 3 is 1.04 bits per heavy atom. The highest BCUT2D eigenvalue weighted by Gasteiger charge is 2.19. The lowest BCUT2D eigenvalue weighted by atomic mass is 9.80. The quantitative estimate of drug-likeness (QED) is 0.0125. The van der Waals surface area contributed by atoms with Crippen molar-refractivity contribution in [3.8, 4) is 101 Å². The van der Waals surface area contributed by atoms with Crippen LogP contribution in [0.5, 0.6) is 23.0 Å². The molecule has 26 nitrogen and oxygen atoms in total. The van der Waals surface area contributed by atoms with Crippen LogP contribution in [0, 0.1) is 49.3 Å². The topological polar surface area (TPSA) is 391 Å². The number of ether oxygens (including phenoxy) is 3. The lowest BCUT2D eigenvalue weighted by Gasteiger charge is -2.13. The molecule has 15 rings (SSSR count). The second kappa shape index (κ2) is 43.7. The first kappa shape index (κ1) is 94.2. The van der Waals surface area contributed by atoms with Gasteiger partial charge in [-0.2, -0.15) is 0 Å². The number of aromatic hydroxyl groups is 1. The van der Waals surface area contributed by atoms with Crippen LogP contribution in [0.15, 0.2) is 328 Å². The monoisotopic (exact) mass is 1800 g/mol. The fourth-order valence-corrected chi connectivity index (χ4v) is 11.9. The third-order valence-corrected chi connectivity index (χ3v) is 17.8. The van der Waals surface area contributed by atoms with E-state index < -0.39 is 27.7 Å². The van der Waals surface area contributed by atoms with E-state index in [2.05, 4.69) is 38.7 Å². The zero-order valence-corrected chi connectivity index (χ0v) is 69.3. The largest absolute Gasteiger partial charge is 0.507 e. The molecule has 15 aromatic rings. The number of methoxy groups -OCH3 is 3. The molecule has 10 aromatic carbocycles. The van der Waals surface area contributed by atoms with Gasteiger partial charge >= 0.3 is 12.3 Å². The van der Waals surface area contributed by atoms with E-state index >= 15 is 0 Å². The highest BCUT2D eigenvalue weighted by Crippen LogP contribution is 2.61. The van der Waals surface area contributed by atoms with E-state index in [1.54, 1.807) is 158 Å². The molecular formula is C88H71BCl4F5N10O16P. The fraction of sp³-hybridized carbons (Fsp3) is 0.0341. The molecule has 5 heterocycles. The highest BCUT2D eigenvalue weighted by molar-refractivity contribution is 8.24. The second-order valence-electron chi connectivity index (χ2n) is 26.0. The molecule has 0 fully saturated rings. The van der Waals surface area contributed by atoms with E-state index in [1.807, 2.05) is 0 Å². The van der Waals surface area contributed by atoms with Crippen LogP contribution in [0.2, 0.25) is 5.02 Å². The van der Waals surface area contributed by atoms with Crippen molar-refractivity contribution in [2.45, 2.75) is 0 Å². The van der Waals surface area contributed by atoms with Crippen molar-refractivity contribution < 1.29 is 67.2 Å². The Kier molecular flexibility index (Phi) is 33.0. The molecule has 0 saturated heterocycles. The molecule has 0 unspecified atom stereocenters. The SMILES string of the molecule is COc1cc(=O)[nH]cc1-c1ccc(F)cc1.COc1cc(=O)n(-c2cccc(N)c2)cc1-c1ccc(F)cc1.COc1cc(=O)n(-c2cccc([N+](=O)[O-])c2)cc1-c1ccc(F)cc1.Nc1cccc(-n2cc(-c3ccc(F)cc3)c(Cl)cc2=O)c1.Nc1cccc(-n2cc(-c3ccc(F)cc3)c(O)cc2=O)c1.O=P(Cl)(Cl)Cl.O=[N+]([O-])c1cccc(B(O)O)c1.[HH]. The van der Waals surface area contributed by atoms with E-state index in [9.17, 15) is 75.8 Å². The number of nitrogen functional groups attached to an aromatic ring is 3. The molecule has 0 saturated carbocycles. The average molecular weight is 1800 g/mol.